The molecule has 3 rings (SSSR count). The molecule has 1 aromatic carbocycles. The third-order valence-corrected chi connectivity index (χ3v) is 5.89. The van der Waals surface area contributed by atoms with E-state index in [4.69, 9.17) is 4.42 Å². The van der Waals surface area contributed by atoms with E-state index in [0.717, 1.165) is 11.3 Å². The molecule has 0 radical (unpaired) electrons. The van der Waals surface area contributed by atoms with Crippen LogP contribution in [0.25, 0.3) is 0 Å². The Morgan fingerprint density at radius 1 is 1.14 bits per heavy atom. The molecule has 2 amide bonds. The minimum atomic E-state index is -0.664. The van der Waals surface area contributed by atoms with Gasteiger partial charge in [-0.25, -0.2) is 0 Å². The second-order valence-corrected chi connectivity index (χ2v) is 8.96. The lowest BCUT2D eigenvalue weighted by Crippen LogP contribution is -2.47. The molecule has 152 valence electrons. The van der Waals surface area contributed by atoms with Gasteiger partial charge in [-0.05, 0) is 66.0 Å². The average Bonchev–Trinajstić information content (AvgIpc) is 3.33. The molecule has 1 atom stereocenters. The summed E-state index contributed by atoms with van der Waals surface area (Å²) < 4.78 is 5.74. The fraction of sp³-hybridized carbons (Fsp3) is 0.273. The number of thiophene rings is 1. The van der Waals surface area contributed by atoms with Crippen LogP contribution in [-0.2, 0) is 17.8 Å². The number of aryl methyl sites for hydroxylation is 1. The van der Waals surface area contributed by atoms with Gasteiger partial charge >= 0.3 is 0 Å². The summed E-state index contributed by atoms with van der Waals surface area (Å²) in [6.45, 7) is 4.85. The van der Waals surface area contributed by atoms with Crippen LogP contribution in [0.5, 0.6) is 0 Å². The molecule has 1 N–H and O–H groups in total. The van der Waals surface area contributed by atoms with E-state index >= 15 is 0 Å². The number of amides is 2. The van der Waals surface area contributed by atoms with Crippen LogP contribution in [0.4, 0.5) is 0 Å². The number of nitrogens with zero attached hydrogens (tertiary/aromatic N) is 1. The van der Waals surface area contributed by atoms with Gasteiger partial charge in [-0.3, -0.25) is 9.59 Å². The van der Waals surface area contributed by atoms with Crippen LogP contribution in [0.2, 0.25) is 0 Å². The fourth-order valence-corrected chi connectivity index (χ4v) is 4.19. The lowest BCUT2D eigenvalue weighted by Gasteiger charge is -2.26. The number of carbonyl (C=O) groups is 2. The van der Waals surface area contributed by atoms with Crippen molar-refractivity contribution in [1.29, 1.82) is 0 Å². The summed E-state index contributed by atoms with van der Waals surface area (Å²) in [5.74, 6) is -0.362. The maximum absolute atomic E-state index is 13.1. The molecule has 0 aliphatic rings. The van der Waals surface area contributed by atoms with Crippen LogP contribution < -0.4 is 5.32 Å². The van der Waals surface area contributed by atoms with Crippen molar-refractivity contribution in [2.24, 2.45) is 0 Å². The van der Waals surface area contributed by atoms with Crippen molar-refractivity contribution in [2.75, 3.05) is 6.54 Å². The Morgan fingerprint density at radius 2 is 1.90 bits per heavy atom. The zero-order chi connectivity index (χ0) is 20.8. The van der Waals surface area contributed by atoms with Crippen molar-refractivity contribution < 1.29 is 14.0 Å². The number of carbonyl (C=O) groups excluding carboxylic acids is 2. The predicted octanol–water partition coefficient (Wildman–Crippen LogP) is 4.80. The van der Waals surface area contributed by atoms with E-state index in [0.29, 0.717) is 17.8 Å². The van der Waals surface area contributed by atoms with E-state index < -0.39 is 11.9 Å². The molecule has 0 saturated carbocycles. The zero-order valence-electron chi connectivity index (χ0n) is 16.4. The molecule has 0 aliphatic heterocycles. The predicted molar refractivity (Wildman–Crippen MR) is 118 cm³/mol. The number of furan rings is 1. The number of rotatable bonds is 8. The average molecular weight is 475 g/mol. The summed E-state index contributed by atoms with van der Waals surface area (Å²) in [6, 6.07) is 16.7. The molecule has 3 aromatic rings. The van der Waals surface area contributed by atoms with Crippen LogP contribution in [0.1, 0.15) is 32.8 Å². The molecule has 0 fully saturated rings. The Hall–Kier alpha value is -2.38. The molecule has 5 nitrogen and oxygen atoms in total. The van der Waals surface area contributed by atoms with E-state index in [1.165, 1.54) is 10.4 Å². The minimum absolute atomic E-state index is 0.119. The third kappa shape index (κ3) is 6.05. The summed E-state index contributed by atoms with van der Waals surface area (Å²) in [5, 5.41) is 2.74. The van der Waals surface area contributed by atoms with E-state index in [-0.39, 0.29) is 11.7 Å². The summed E-state index contributed by atoms with van der Waals surface area (Å²) in [4.78, 5) is 29.6. The molecule has 7 heteroatoms. The lowest BCUT2D eigenvalue weighted by atomic mass is 10.1. The zero-order valence-corrected chi connectivity index (χ0v) is 18.8. The molecule has 29 heavy (non-hydrogen) atoms. The Bertz CT molecular complexity index is 967. The van der Waals surface area contributed by atoms with E-state index in [2.05, 4.69) is 46.4 Å². The maximum Gasteiger partial charge on any atom is 0.287 e. The van der Waals surface area contributed by atoms with Crippen LogP contribution in [0.3, 0.4) is 0 Å². The highest BCUT2D eigenvalue weighted by Gasteiger charge is 2.24. The lowest BCUT2D eigenvalue weighted by molar-refractivity contribution is -0.133. The number of halogens is 1. The van der Waals surface area contributed by atoms with Gasteiger partial charge in [0.1, 0.15) is 6.04 Å². The van der Waals surface area contributed by atoms with Gasteiger partial charge in [-0.1, -0.05) is 30.3 Å². The summed E-state index contributed by atoms with van der Waals surface area (Å²) in [5.41, 5.74) is 1.17. The SMILES string of the molecule is Cc1ccc(CN(CCc2ccccc2)C(=O)[C@@H](C)NC(=O)c2ccc(Br)o2)s1. The molecule has 0 saturated heterocycles. The molecule has 0 unspecified atom stereocenters. The monoisotopic (exact) mass is 474 g/mol. The molecular weight excluding hydrogens is 452 g/mol. The summed E-state index contributed by atoms with van der Waals surface area (Å²) in [6.07, 6.45) is 0.753. The highest BCUT2D eigenvalue weighted by molar-refractivity contribution is 9.10. The molecule has 0 aliphatic carbocycles. The van der Waals surface area contributed by atoms with Crippen LogP contribution in [0.15, 0.2) is 63.7 Å². The largest absolute Gasteiger partial charge is 0.444 e. The Kier molecular flexibility index (Phi) is 7.28. The summed E-state index contributed by atoms with van der Waals surface area (Å²) >= 11 is 4.86. The first-order chi connectivity index (χ1) is 13.9. The highest BCUT2D eigenvalue weighted by Crippen LogP contribution is 2.18. The second-order valence-electron chi connectivity index (χ2n) is 6.81. The Morgan fingerprint density at radius 3 is 2.52 bits per heavy atom. The Labute approximate surface area is 182 Å². The van der Waals surface area contributed by atoms with Gasteiger partial charge in [0.2, 0.25) is 5.91 Å². The van der Waals surface area contributed by atoms with Crippen LogP contribution in [0, 0.1) is 6.92 Å². The van der Waals surface area contributed by atoms with Crippen molar-refractivity contribution in [3.05, 3.63) is 80.3 Å². The second kappa shape index (κ2) is 9.89. The van der Waals surface area contributed by atoms with Crippen molar-refractivity contribution in [2.45, 2.75) is 32.9 Å². The molecular formula is C22H23BrN2O3S. The number of nitrogens with one attached hydrogen (secondary N) is 1. The van der Waals surface area contributed by atoms with Gasteiger partial charge in [0, 0.05) is 16.3 Å². The fourth-order valence-electron chi connectivity index (χ4n) is 2.97. The number of hydrogen-bond donors (Lipinski definition) is 1. The van der Waals surface area contributed by atoms with Crippen molar-refractivity contribution in [3.8, 4) is 0 Å². The van der Waals surface area contributed by atoms with Crippen molar-refractivity contribution in [3.63, 3.8) is 0 Å². The normalized spacial score (nSPS) is 11.8. The third-order valence-electron chi connectivity index (χ3n) is 4.48. The first-order valence-corrected chi connectivity index (χ1v) is 11.0. The topological polar surface area (TPSA) is 62.6 Å². The van der Waals surface area contributed by atoms with Gasteiger partial charge in [-0.2, -0.15) is 0 Å². The van der Waals surface area contributed by atoms with Crippen LogP contribution in [-0.4, -0.2) is 29.3 Å². The quantitative estimate of drug-likeness (QED) is 0.509. The summed E-state index contributed by atoms with van der Waals surface area (Å²) in [7, 11) is 0. The van der Waals surface area contributed by atoms with E-state index in [9.17, 15) is 9.59 Å². The first kappa shape index (κ1) is 21.3. The first-order valence-electron chi connectivity index (χ1n) is 9.36. The van der Waals surface area contributed by atoms with E-state index in [1.54, 1.807) is 35.3 Å². The molecule has 0 spiro atoms. The van der Waals surface area contributed by atoms with E-state index in [1.807, 2.05) is 24.3 Å². The molecule has 2 heterocycles. The molecule has 0 bridgehead atoms. The van der Waals surface area contributed by atoms with Crippen molar-refractivity contribution in [1.82, 2.24) is 10.2 Å². The number of hydrogen-bond acceptors (Lipinski definition) is 4. The van der Waals surface area contributed by atoms with Gasteiger partial charge in [0.05, 0.1) is 6.54 Å². The number of benzene rings is 1. The molecule has 2 aromatic heterocycles. The van der Waals surface area contributed by atoms with Gasteiger partial charge < -0.3 is 14.6 Å². The van der Waals surface area contributed by atoms with Crippen molar-refractivity contribution >= 4 is 39.1 Å². The van der Waals surface area contributed by atoms with Gasteiger partial charge in [-0.15, -0.1) is 11.3 Å². The standard InChI is InChI=1S/C22H23BrN2O3S/c1-15-8-9-18(29-15)14-25(13-12-17-6-4-3-5-7-17)22(27)16(2)24-21(26)19-10-11-20(23)28-19/h3-11,16H,12-14H2,1-2H3,(H,24,26)/t16-/m1/s1. The minimum Gasteiger partial charge on any atom is -0.444 e. The highest BCUT2D eigenvalue weighted by atomic mass is 79.9. The van der Waals surface area contributed by atoms with Gasteiger partial charge in [0.15, 0.2) is 10.4 Å². The van der Waals surface area contributed by atoms with Gasteiger partial charge in [0.25, 0.3) is 5.91 Å². The maximum atomic E-state index is 13.1. The van der Waals surface area contributed by atoms with Crippen LogP contribution >= 0.6 is 27.3 Å². The Balaban J connectivity index is 1.68. The smallest absolute Gasteiger partial charge is 0.287 e.